The van der Waals surface area contributed by atoms with Crippen LogP contribution in [-0.2, 0) is 17.8 Å². The molecule has 0 aliphatic rings. The molecule has 98 valence electrons. The second-order valence-electron chi connectivity index (χ2n) is 4.56. The number of aryl methyl sites for hydroxylation is 1. The summed E-state index contributed by atoms with van der Waals surface area (Å²) in [5.41, 5.74) is 9.53. The van der Waals surface area contributed by atoms with E-state index in [2.05, 4.69) is 5.32 Å². The Morgan fingerprint density at radius 1 is 1.05 bits per heavy atom. The number of nitrogens with one attached hydrogen (secondary N) is 1. The van der Waals surface area contributed by atoms with E-state index in [0.29, 0.717) is 13.0 Å². The third-order valence-electron chi connectivity index (χ3n) is 3.04. The Morgan fingerprint density at radius 3 is 2.32 bits per heavy atom. The number of carbonyl (C=O) groups excluding carboxylic acids is 1. The molecule has 0 unspecified atom stereocenters. The summed E-state index contributed by atoms with van der Waals surface area (Å²) >= 11 is 0. The van der Waals surface area contributed by atoms with Crippen LogP contribution in [0, 0.1) is 6.92 Å². The Kier molecular flexibility index (Phi) is 4.31. The first-order valence-corrected chi connectivity index (χ1v) is 6.32. The van der Waals surface area contributed by atoms with Gasteiger partial charge in [-0.05, 0) is 29.7 Å². The fourth-order valence-electron chi connectivity index (χ4n) is 1.89. The van der Waals surface area contributed by atoms with Gasteiger partial charge in [0.25, 0.3) is 0 Å². The van der Waals surface area contributed by atoms with Gasteiger partial charge in [0, 0.05) is 12.2 Å². The number of rotatable bonds is 4. The van der Waals surface area contributed by atoms with Crippen LogP contribution in [0.1, 0.15) is 16.7 Å². The lowest BCUT2D eigenvalue weighted by Crippen LogP contribution is -2.15. The molecule has 0 bridgehead atoms. The molecule has 2 aromatic carbocycles. The Bertz CT molecular complexity index is 561. The molecular formula is C16H18N2O. The van der Waals surface area contributed by atoms with Gasteiger partial charge in [0.2, 0.25) is 5.91 Å². The minimum atomic E-state index is -0.00482. The lowest BCUT2D eigenvalue weighted by Gasteiger charge is -2.08. The summed E-state index contributed by atoms with van der Waals surface area (Å²) in [7, 11) is 0. The van der Waals surface area contributed by atoms with Crippen molar-refractivity contribution in [2.24, 2.45) is 5.73 Å². The van der Waals surface area contributed by atoms with Crippen molar-refractivity contribution >= 4 is 11.6 Å². The number of nitrogens with two attached hydrogens (primary N) is 1. The molecule has 2 rings (SSSR count). The van der Waals surface area contributed by atoms with Crippen molar-refractivity contribution in [1.29, 1.82) is 0 Å². The molecule has 0 saturated heterocycles. The van der Waals surface area contributed by atoms with Gasteiger partial charge in [-0.15, -0.1) is 0 Å². The number of para-hydroxylation sites is 1. The molecule has 0 spiro atoms. The van der Waals surface area contributed by atoms with Crippen LogP contribution in [0.2, 0.25) is 0 Å². The number of hydrogen-bond donors (Lipinski definition) is 2. The molecule has 0 radical (unpaired) electrons. The predicted octanol–water partition coefficient (Wildman–Crippen LogP) is 2.63. The first-order valence-electron chi connectivity index (χ1n) is 6.32. The maximum Gasteiger partial charge on any atom is 0.228 e. The monoisotopic (exact) mass is 254 g/mol. The highest BCUT2D eigenvalue weighted by Gasteiger charge is 2.05. The highest BCUT2D eigenvalue weighted by molar-refractivity contribution is 5.92. The van der Waals surface area contributed by atoms with Crippen molar-refractivity contribution < 1.29 is 4.79 Å². The molecule has 1 amide bonds. The zero-order valence-corrected chi connectivity index (χ0v) is 11.0. The smallest absolute Gasteiger partial charge is 0.228 e. The van der Waals surface area contributed by atoms with Crippen molar-refractivity contribution in [1.82, 2.24) is 0 Å². The summed E-state index contributed by atoms with van der Waals surface area (Å²) in [6.45, 7) is 2.50. The summed E-state index contributed by atoms with van der Waals surface area (Å²) < 4.78 is 0. The van der Waals surface area contributed by atoms with Crippen LogP contribution in [0.4, 0.5) is 5.69 Å². The largest absolute Gasteiger partial charge is 0.326 e. The molecule has 0 atom stereocenters. The van der Waals surface area contributed by atoms with Crippen molar-refractivity contribution in [3.05, 3.63) is 65.2 Å². The van der Waals surface area contributed by atoms with Crippen LogP contribution < -0.4 is 11.1 Å². The standard InChI is InChI=1S/C16H18N2O/c1-12-4-2-3-5-15(12)18-16(19)10-13-6-8-14(11-17)9-7-13/h2-9H,10-11,17H2,1H3,(H,18,19). The van der Waals surface area contributed by atoms with Crippen LogP contribution in [0.5, 0.6) is 0 Å². The molecule has 0 fully saturated rings. The van der Waals surface area contributed by atoms with Crippen LogP contribution in [0.3, 0.4) is 0 Å². The van der Waals surface area contributed by atoms with Gasteiger partial charge in [0.05, 0.1) is 6.42 Å². The van der Waals surface area contributed by atoms with E-state index in [0.717, 1.165) is 22.4 Å². The third kappa shape index (κ3) is 3.66. The summed E-state index contributed by atoms with van der Waals surface area (Å²) in [4.78, 5) is 12.0. The van der Waals surface area contributed by atoms with E-state index in [1.54, 1.807) is 0 Å². The molecule has 0 aliphatic carbocycles. The average molecular weight is 254 g/mol. The van der Waals surface area contributed by atoms with Gasteiger partial charge in [-0.3, -0.25) is 4.79 Å². The first-order chi connectivity index (χ1) is 9.19. The summed E-state index contributed by atoms with van der Waals surface area (Å²) in [5, 5.41) is 2.92. The van der Waals surface area contributed by atoms with Crippen LogP contribution in [0.25, 0.3) is 0 Å². The fraction of sp³-hybridized carbons (Fsp3) is 0.188. The molecule has 0 aromatic heterocycles. The maximum atomic E-state index is 12.0. The van der Waals surface area contributed by atoms with E-state index in [-0.39, 0.29) is 5.91 Å². The summed E-state index contributed by atoms with van der Waals surface area (Å²) in [6.07, 6.45) is 0.374. The van der Waals surface area contributed by atoms with Crippen molar-refractivity contribution in [3.63, 3.8) is 0 Å². The van der Waals surface area contributed by atoms with Gasteiger partial charge in [-0.1, -0.05) is 42.5 Å². The normalized spacial score (nSPS) is 10.2. The van der Waals surface area contributed by atoms with E-state index in [9.17, 15) is 4.79 Å². The Morgan fingerprint density at radius 2 is 1.68 bits per heavy atom. The van der Waals surface area contributed by atoms with Gasteiger partial charge < -0.3 is 11.1 Å². The highest BCUT2D eigenvalue weighted by atomic mass is 16.1. The van der Waals surface area contributed by atoms with Gasteiger partial charge in [-0.2, -0.15) is 0 Å². The fourth-order valence-corrected chi connectivity index (χ4v) is 1.89. The highest BCUT2D eigenvalue weighted by Crippen LogP contribution is 2.14. The van der Waals surface area contributed by atoms with E-state index in [4.69, 9.17) is 5.73 Å². The molecule has 0 saturated carbocycles. The molecule has 0 aliphatic heterocycles. The SMILES string of the molecule is Cc1ccccc1NC(=O)Cc1ccc(CN)cc1. The van der Waals surface area contributed by atoms with Gasteiger partial charge in [0.1, 0.15) is 0 Å². The molecule has 2 aromatic rings. The predicted molar refractivity (Wildman–Crippen MR) is 77.8 cm³/mol. The molecule has 3 heteroatoms. The lowest BCUT2D eigenvalue weighted by molar-refractivity contribution is -0.115. The van der Waals surface area contributed by atoms with Crippen molar-refractivity contribution in [2.45, 2.75) is 19.9 Å². The minimum Gasteiger partial charge on any atom is -0.326 e. The number of carbonyl (C=O) groups is 1. The van der Waals surface area contributed by atoms with Crippen molar-refractivity contribution in [2.75, 3.05) is 5.32 Å². The number of amides is 1. The van der Waals surface area contributed by atoms with Gasteiger partial charge in [0.15, 0.2) is 0 Å². The van der Waals surface area contributed by atoms with Crippen LogP contribution in [-0.4, -0.2) is 5.91 Å². The summed E-state index contributed by atoms with van der Waals surface area (Å²) in [5.74, 6) is -0.00482. The number of benzene rings is 2. The summed E-state index contributed by atoms with van der Waals surface area (Å²) in [6, 6.07) is 15.6. The molecule has 0 heterocycles. The van der Waals surface area contributed by atoms with Gasteiger partial charge in [-0.25, -0.2) is 0 Å². The zero-order chi connectivity index (χ0) is 13.7. The van der Waals surface area contributed by atoms with E-state index in [1.165, 1.54) is 0 Å². The third-order valence-corrected chi connectivity index (χ3v) is 3.04. The Labute approximate surface area is 113 Å². The van der Waals surface area contributed by atoms with Crippen LogP contribution >= 0.6 is 0 Å². The minimum absolute atomic E-state index is 0.00482. The second-order valence-corrected chi connectivity index (χ2v) is 4.56. The van der Waals surface area contributed by atoms with Crippen molar-refractivity contribution in [3.8, 4) is 0 Å². The molecule has 3 N–H and O–H groups in total. The topological polar surface area (TPSA) is 55.1 Å². The number of hydrogen-bond acceptors (Lipinski definition) is 2. The molecule has 3 nitrogen and oxygen atoms in total. The van der Waals surface area contributed by atoms with Gasteiger partial charge >= 0.3 is 0 Å². The maximum absolute atomic E-state index is 12.0. The van der Waals surface area contributed by atoms with E-state index < -0.39 is 0 Å². The lowest BCUT2D eigenvalue weighted by atomic mass is 10.1. The van der Waals surface area contributed by atoms with E-state index in [1.807, 2.05) is 55.5 Å². The molecule has 19 heavy (non-hydrogen) atoms. The quantitative estimate of drug-likeness (QED) is 0.881. The average Bonchev–Trinajstić information content (AvgIpc) is 2.42. The zero-order valence-electron chi connectivity index (χ0n) is 11.0. The Balaban J connectivity index is 1.99. The first kappa shape index (κ1) is 13.3. The molecular weight excluding hydrogens is 236 g/mol. The Hall–Kier alpha value is -2.13. The van der Waals surface area contributed by atoms with E-state index >= 15 is 0 Å². The number of anilines is 1. The van der Waals surface area contributed by atoms with Crippen LogP contribution in [0.15, 0.2) is 48.5 Å². The second kappa shape index (κ2) is 6.16.